The molecule has 1 fully saturated rings. The van der Waals surface area contributed by atoms with E-state index in [9.17, 15) is 22.4 Å². The Hall–Kier alpha value is -3.19. The molecular weight excluding hydrogens is 503 g/mol. The molecule has 2 heterocycles. The molecule has 12 heteroatoms. The van der Waals surface area contributed by atoms with E-state index in [-0.39, 0.29) is 24.2 Å². The van der Waals surface area contributed by atoms with Crippen LogP contribution in [0.2, 0.25) is 0 Å². The van der Waals surface area contributed by atoms with Crippen LogP contribution < -0.4 is 11.0 Å². The maximum Gasteiger partial charge on any atom is 0.261 e. The third-order valence-electron chi connectivity index (χ3n) is 6.54. The number of fused-ring (bicyclic) bond motifs is 1. The molecule has 0 spiro atoms. The average Bonchev–Trinajstić information content (AvgIpc) is 2.88. The van der Waals surface area contributed by atoms with Crippen LogP contribution in [0.1, 0.15) is 12.0 Å². The van der Waals surface area contributed by atoms with Gasteiger partial charge in [0, 0.05) is 38.0 Å². The Balaban J connectivity index is 1.51. The smallest absolute Gasteiger partial charge is 0.261 e. The van der Waals surface area contributed by atoms with E-state index in [1.807, 2.05) is 6.07 Å². The molecule has 1 aliphatic rings. The van der Waals surface area contributed by atoms with Crippen LogP contribution in [-0.2, 0) is 32.3 Å². The van der Waals surface area contributed by atoms with Crippen molar-refractivity contribution in [3.8, 4) is 11.1 Å². The van der Waals surface area contributed by atoms with Crippen LogP contribution in [0.4, 0.5) is 4.39 Å². The summed E-state index contributed by atoms with van der Waals surface area (Å²) in [5, 5.41) is 7.58. The number of carbonyl (C=O) groups excluding carboxylic acids is 1. The van der Waals surface area contributed by atoms with Crippen molar-refractivity contribution in [1.29, 1.82) is 0 Å². The van der Waals surface area contributed by atoms with E-state index < -0.39 is 26.6 Å². The first-order chi connectivity index (χ1) is 17.7. The zero-order valence-corrected chi connectivity index (χ0v) is 21.2. The molecule has 2 N–H and O–H groups in total. The van der Waals surface area contributed by atoms with Gasteiger partial charge in [-0.1, -0.05) is 18.2 Å². The standard InChI is InChI=1S/C25H29FN4O6S/c1-37(34,35)23(24(31)28-33)7-9-30-16-27-22-15-18(3-5-20(22)25(30)32)19-4-2-17(14-21(19)26)6-8-29-10-12-36-13-11-29/h2-5,14-16,23,33H,6-13H2,1H3,(H,28,31). The maximum absolute atomic E-state index is 15.0. The molecule has 1 amide bonds. The topological polar surface area (TPSA) is 131 Å². The summed E-state index contributed by atoms with van der Waals surface area (Å²) >= 11 is 0. The van der Waals surface area contributed by atoms with Crippen LogP contribution in [-0.4, -0.2) is 78.3 Å². The number of hydroxylamine groups is 1. The number of nitrogens with one attached hydrogen (secondary N) is 1. The lowest BCUT2D eigenvalue weighted by Gasteiger charge is -2.26. The molecule has 0 aliphatic carbocycles. The van der Waals surface area contributed by atoms with Crippen LogP contribution in [0.5, 0.6) is 0 Å². The van der Waals surface area contributed by atoms with Crippen molar-refractivity contribution < 1.29 is 27.5 Å². The lowest BCUT2D eigenvalue weighted by Crippen LogP contribution is -2.39. The molecule has 4 rings (SSSR count). The minimum absolute atomic E-state index is 0.102. The molecule has 2 aromatic carbocycles. The summed E-state index contributed by atoms with van der Waals surface area (Å²) in [4.78, 5) is 31.2. The van der Waals surface area contributed by atoms with Gasteiger partial charge in [0.1, 0.15) is 11.1 Å². The van der Waals surface area contributed by atoms with Gasteiger partial charge in [-0.2, -0.15) is 0 Å². The summed E-state index contributed by atoms with van der Waals surface area (Å²) in [6, 6.07) is 9.98. The largest absolute Gasteiger partial charge is 0.379 e. The fraction of sp³-hybridized carbons (Fsp3) is 0.400. The first-order valence-corrected chi connectivity index (χ1v) is 13.8. The van der Waals surface area contributed by atoms with E-state index in [1.165, 1.54) is 22.4 Å². The molecule has 10 nitrogen and oxygen atoms in total. The molecule has 1 atom stereocenters. The number of sulfone groups is 1. The number of aryl methyl sites for hydroxylation is 1. The molecule has 0 saturated carbocycles. The van der Waals surface area contributed by atoms with Crippen molar-refractivity contribution in [3.05, 3.63) is 64.5 Å². The Bertz CT molecular complexity index is 1450. The van der Waals surface area contributed by atoms with E-state index >= 15 is 0 Å². The van der Waals surface area contributed by atoms with Gasteiger partial charge in [-0.25, -0.2) is 23.3 Å². The van der Waals surface area contributed by atoms with Crippen LogP contribution in [0.25, 0.3) is 22.0 Å². The Labute approximate surface area is 213 Å². The van der Waals surface area contributed by atoms with Crippen LogP contribution in [0, 0.1) is 5.82 Å². The molecule has 1 aliphatic heterocycles. The number of ether oxygens (including phenoxy) is 1. The lowest BCUT2D eigenvalue weighted by atomic mass is 10.0. The number of morpholine rings is 1. The average molecular weight is 533 g/mol. The number of benzene rings is 2. The maximum atomic E-state index is 15.0. The molecule has 0 bridgehead atoms. The minimum atomic E-state index is -3.81. The fourth-order valence-corrected chi connectivity index (χ4v) is 5.39. The highest BCUT2D eigenvalue weighted by Gasteiger charge is 2.28. The summed E-state index contributed by atoms with van der Waals surface area (Å²) < 4.78 is 45.3. The van der Waals surface area contributed by atoms with Gasteiger partial charge < -0.3 is 4.74 Å². The van der Waals surface area contributed by atoms with Crippen molar-refractivity contribution in [1.82, 2.24) is 19.9 Å². The second kappa shape index (κ2) is 11.5. The highest BCUT2D eigenvalue weighted by atomic mass is 32.2. The van der Waals surface area contributed by atoms with Gasteiger partial charge in [0.2, 0.25) is 0 Å². The molecule has 0 radical (unpaired) electrons. The second-order valence-corrected chi connectivity index (χ2v) is 11.3. The quantitative estimate of drug-likeness (QED) is 0.312. The summed E-state index contributed by atoms with van der Waals surface area (Å²) in [6.07, 6.45) is 2.65. The summed E-state index contributed by atoms with van der Waals surface area (Å²) in [7, 11) is -3.81. The molecule has 1 unspecified atom stereocenters. The normalized spacial score (nSPS) is 15.5. The number of hydrogen-bond donors (Lipinski definition) is 2. The number of hydrogen-bond acceptors (Lipinski definition) is 8. The number of amides is 1. The molecule has 3 aromatic rings. The van der Waals surface area contributed by atoms with Gasteiger partial charge in [0.15, 0.2) is 9.84 Å². The number of halogens is 1. The third kappa shape index (κ3) is 6.39. The first kappa shape index (κ1) is 26.9. The summed E-state index contributed by atoms with van der Waals surface area (Å²) in [5.74, 6) is -1.43. The first-order valence-electron chi connectivity index (χ1n) is 11.9. The predicted octanol–water partition coefficient (Wildman–Crippen LogP) is 1.39. The second-order valence-electron chi connectivity index (χ2n) is 9.08. The zero-order valence-electron chi connectivity index (χ0n) is 20.4. The fourth-order valence-electron chi connectivity index (χ4n) is 4.41. The van der Waals surface area contributed by atoms with Crippen LogP contribution in [0.15, 0.2) is 47.5 Å². The molecule has 1 saturated heterocycles. The lowest BCUT2D eigenvalue weighted by molar-refractivity contribution is -0.128. The molecule has 198 valence electrons. The van der Waals surface area contributed by atoms with E-state index in [0.29, 0.717) is 16.6 Å². The van der Waals surface area contributed by atoms with Crippen molar-refractivity contribution in [2.75, 3.05) is 39.1 Å². The van der Waals surface area contributed by atoms with E-state index in [4.69, 9.17) is 9.94 Å². The SMILES string of the molecule is CS(=O)(=O)C(CCn1cnc2cc(-c3ccc(CCN4CCOCC4)cc3F)ccc2c1=O)C(=O)NO. The minimum Gasteiger partial charge on any atom is -0.379 e. The van der Waals surface area contributed by atoms with Gasteiger partial charge in [0.25, 0.3) is 11.5 Å². The summed E-state index contributed by atoms with van der Waals surface area (Å²) in [5.41, 5.74) is 3.16. The van der Waals surface area contributed by atoms with Gasteiger partial charge in [-0.15, -0.1) is 0 Å². The van der Waals surface area contributed by atoms with E-state index in [1.54, 1.807) is 24.3 Å². The highest BCUT2D eigenvalue weighted by Crippen LogP contribution is 2.26. The van der Waals surface area contributed by atoms with Gasteiger partial charge >= 0.3 is 0 Å². The summed E-state index contributed by atoms with van der Waals surface area (Å²) in [6.45, 7) is 3.93. The molecule has 37 heavy (non-hydrogen) atoms. The Morgan fingerprint density at radius 1 is 1.19 bits per heavy atom. The zero-order chi connectivity index (χ0) is 26.6. The molecular formula is C25H29FN4O6S. The van der Waals surface area contributed by atoms with Gasteiger partial charge in [-0.05, 0) is 42.2 Å². The van der Waals surface area contributed by atoms with E-state index in [2.05, 4.69) is 9.88 Å². The Kier molecular flexibility index (Phi) is 8.32. The Morgan fingerprint density at radius 2 is 1.95 bits per heavy atom. The van der Waals surface area contributed by atoms with Crippen molar-refractivity contribution >= 4 is 26.6 Å². The van der Waals surface area contributed by atoms with Gasteiger partial charge in [0.05, 0.1) is 30.4 Å². The van der Waals surface area contributed by atoms with Crippen LogP contribution >= 0.6 is 0 Å². The van der Waals surface area contributed by atoms with Gasteiger partial charge in [-0.3, -0.25) is 24.3 Å². The number of nitrogens with zero attached hydrogens (tertiary/aromatic N) is 3. The van der Waals surface area contributed by atoms with Crippen molar-refractivity contribution in [3.63, 3.8) is 0 Å². The van der Waals surface area contributed by atoms with Crippen molar-refractivity contribution in [2.45, 2.75) is 24.6 Å². The number of carbonyl (C=O) groups is 1. The third-order valence-corrected chi connectivity index (χ3v) is 8.03. The number of rotatable bonds is 9. The number of aromatic nitrogens is 2. The predicted molar refractivity (Wildman–Crippen MR) is 136 cm³/mol. The van der Waals surface area contributed by atoms with E-state index in [0.717, 1.165) is 51.1 Å². The Morgan fingerprint density at radius 3 is 2.62 bits per heavy atom. The monoisotopic (exact) mass is 532 g/mol. The van der Waals surface area contributed by atoms with Crippen molar-refractivity contribution in [2.24, 2.45) is 0 Å². The van der Waals surface area contributed by atoms with Crippen LogP contribution in [0.3, 0.4) is 0 Å². The molecule has 1 aromatic heterocycles. The highest BCUT2D eigenvalue weighted by molar-refractivity contribution is 7.92.